The Balaban J connectivity index is 1.45. The molecule has 2 aromatic heterocycles. The summed E-state index contributed by atoms with van der Waals surface area (Å²) < 4.78 is 6.19. The van der Waals surface area contributed by atoms with Gasteiger partial charge in [0.1, 0.15) is 10.5 Å². The molecule has 0 spiro atoms. The number of thiazole rings is 1. The van der Waals surface area contributed by atoms with Crippen molar-refractivity contribution in [3.63, 3.8) is 0 Å². The average Bonchev–Trinajstić information content (AvgIpc) is 3.67. The second-order valence-electron chi connectivity index (χ2n) is 10.2. The first-order chi connectivity index (χ1) is 20.8. The van der Waals surface area contributed by atoms with E-state index in [4.69, 9.17) is 4.42 Å². The molecule has 2 heterocycles. The molecule has 9 nitrogen and oxygen atoms in total. The van der Waals surface area contributed by atoms with Crippen LogP contribution in [-0.2, 0) is 18.5 Å². The number of aromatic nitrogens is 3. The third-order valence-electron chi connectivity index (χ3n) is 6.85. The molecule has 0 bridgehead atoms. The molecule has 0 radical (unpaired) electrons. The van der Waals surface area contributed by atoms with Crippen molar-refractivity contribution < 1.29 is 19.1 Å². The second kappa shape index (κ2) is 13.3. The number of amides is 2. The van der Waals surface area contributed by atoms with Gasteiger partial charge in [-0.1, -0.05) is 78.9 Å². The van der Waals surface area contributed by atoms with Gasteiger partial charge >= 0.3 is 6.09 Å². The van der Waals surface area contributed by atoms with Crippen LogP contribution in [0.5, 0.6) is 0 Å². The smallest absolute Gasteiger partial charge is 0.405 e. The predicted octanol–water partition coefficient (Wildman–Crippen LogP) is 6.58. The number of hydrogen-bond acceptors (Lipinski definition) is 7. The minimum Gasteiger partial charge on any atom is -0.465 e. The largest absolute Gasteiger partial charge is 0.465 e. The van der Waals surface area contributed by atoms with E-state index < -0.39 is 11.6 Å². The number of carbonyl (C=O) groups is 2. The molecule has 1 unspecified atom stereocenters. The molecule has 10 heteroatoms. The van der Waals surface area contributed by atoms with Gasteiger partial charge in [0.05, 0.1) is 6.54 Å². The first-order valence-corrected chi connectivity index (χ1v) is 14.6. The zero-order valence-electron chi connectivity index (χ0n) is 23.8. The summed E-state index contributed by atoms with van der Waals surface area (Å²) in [5.41, 5.74) is 2.56. The lowest BCUT2D eigenvalue weighted by Gasteiger charge is -2.29. The molecule has 5 aromatic rings. The molecule has 0 aliphatic heterocycles. The van der Waals surface area contributed by atoms with Crippen LogP contribution < -0.4 is 5.32 Å². The second-order valence-corrected chi connectivity index (χ2v) is 11.2. The van der Waals surface area contributed by atoms with Gasteiger partial charge in [-0.25, -0.2) is 9.78 Å². The summed E-state index contributed by atoms with van der Waals surface area (Å²) in [5.74, 6) is 0.130. The Morgan fingerprint density at radius 3 is 2.47 bits per heavy atom. The zero-order chi connectivity index (χ0) is 30.2. The molecule has 0 saturated carbocycles. The topological polar surface area (TPSA) is 121 Å². The fourth-order valence-electron chi connectivity index (χ4n) is 4.78. The highest BCUT2D eigenvalue weighted by Crippen LogP contribution is 2.32. The van der Waals surface area contributed by atoms with E-state index in [-0.39, 0.29) is 30.5 Å². The Kier molecular flexibility index (Phi) is 9.07. The number of aryl methyl sites for hydroxylation is 1. The van der Waals surface area contributed by atoms with Crippen LogP contribution in [0.2, 0.25) is 0 Å². The lowest BCUT2D eigenvalue weighted by Crippen LogP contribution is -2.47. The number of carbonyl (C=O) groups excluding carboxylic acids is 1. The molecule has 0 saturated heterocycles. The first kappa shape index (κ1) is 29.4. The Bertz CT molecular complexity index is 1720. The molecule has 1 atom stereocenters. The van der Waals surface area contributed by atoms with E-state index in [1.807, 2.05) is 85.1 Å². The number of benzene rings is 3. The summed E-state index contributed by atoms with van der Waals surface area (Å²) in [6, 6.07) is 26.2. The number of hydrogen-bond donors (Lipinski definition) is 2. The lowest BCUT2D eigenvalue weighted by molar-refractivity contribution is 0.0785. The zero-order valence-corrected chi connectivity index (χ0v) is 24.6. The molecule has 0 aliphatic rings. The van der Waals surface area contributed by atoms with Crippen LogP contribution in [-0.4, -0.2) is 44.2 Å². The van der Waals surface area contributed by atoms with Crippen molar-refractivity contribution >= 4 is 29.4 Å². The Morgan fingerprint density at radius 2 is 1.77 bits per heavy atom. The predicted molar refractivity (Wildman–Crippen MR) is 165 cm³/mol. The standard InChI is InChI=1S/C33H31N5O4S/c1-23-22-43-28(34-23)21-38(2)30(39)27-17-9-16-26(19-27)29-36-37-31(42-29)33(35-32(40)41,20-25-13-7-4-8-14-25)18-10-15-24-11-5-3-6-12-24/h3-17,19,22,35H,18,20-21H2,1-2H3,(H,40,41). The summed E-state index contributed by atoms with van der Waals surface area (Å²) in [4.78, 5) is 31.4. The van der Waals surface area contributed by atoms with E-state index in [1.54, 1.807) is 36.2 Å². The maximum absolute atomic E-state index is 13.2. The van der Waals surface area contributed by atoms with Crippen molar-refractivity contribution in [1.29, 1.82) is 0 Å². The molecule has 0 fully saturated rings. The lowest BCUT2D eigenvalue weighted by atomic mass is 9.87. The van der Waals surface area contributed by atoms with Gasteiger partial charge in [-0.2, -0.15) is 0 Å². The molecule has 218 valence electrons. The molecule has 5 rings (SSSR count). The van der Waals surface area contributed by atoms with Crippen LogP contribution in [0.4, 0.5) is 4.79 Å². The van der Waals surface area contributed by atoms with Crippen molar-refractivity contribution in [3.8, 4) is 11.5 Å². The van der Waals surface area contributed by atoms with E-state index in [9.17, 15) is 14.7 Å². The molecule has 3 aromatic carbocycles. The third-order valence-corrected chi connectivity index (χ3v) is 7.80. The first-order valence-electron chi connectivity index (χ1n) is 13.7. The van der Waals surface area contributed by atoms with Crippen LogP contribution in [0.1, 0.15) is 44.5 Å². The summed E-state index contributed by atoms with van der Waals surface area (Å²) in [6.45, 7) is 2.32. The van der Waals surface area contributed by atoms with Gasteiger partial charge in [0.15, 0.2) is 0 Å². The van der Waals surface area contributed by atoms with Crippen molar-refractivity contribution in [2.24, 2.45) is 0 Å². The Morgan fingerprint density at radius 1 is 1.02 bits per heavy atom. The quantitative estimate of drug-likeness (QED) is 0.177. The van der Waals surface area contributed by atoms with E-state index in [2.05, 4.69) is 20.5 Å². The fourth-order valence-corrected chi connectivity index (χ4v) is 5.61. The highest BCUT2D eigenvalue weighted by Gasteiger charge is 2.39. The molecule has 43 heavy (non-hydrogen) atoms. The third kappa shape index (κ3) is 7.41. The van der Waals surface area contributed by atoms with E-state index in [0.717, 1.165) is 21.8 Å². The Hall–Kier alpha value is -5.09. The maximum atomic E-state index is 13.2. The summed E-state index contributed by atoms with van der Waals surface area (Å²) in [7, 11) is 1.73. The van der Waals surface area contributed by atoms with E-state index in [0.29, 0.717) is 17.7 Å². The van der Waals surface area contributed by atoms with Gasteiger partial charge in [-0.05, 0) is 42.7 Å². The van der Waals surface area contributed by atoms with Crippen LogP contribution in [0, 0.1) is 6.92 Å². The van der Waals surface area contributed by atoms with Gasteiger partial charge in [-0.15, -0.1) is 21.5 Å². The summed E-state index contributed by atoms with van der Waals surface area (Å²) >= 11 is 1.51. The highest BCUT2D eigenvalue weighted by atomic mass is 32.1. The van der Waals surface area contributed by atoms with Crippen LogP contribution in [0.15, 0.2) is 101 Å². The van der Waals surface area contributed by atoms with Gasteiger partial charge in [-0.3, -0.25) is 4.79 Å². The molecule has 2 amide bonds. The van der Waals surface area contributed by atoms with E-state index in [1.165, 1.54) is 11.3 Å². The highest BCUT2D eigenvalue weighted by molar-refractivity contribution is 7.09. The van der Waals surface area contributed by atoms with Crippen molar-refractivity contribution in [1.82, 2.24) is 25.4 Å². The number of rotatable bonds is 11. The maximum Gasteiger partial charge on any atom is 0.405 e. The van der Waals surface area contributed by atoms with Crippen molar-refractivity contribution in [3.05, 3.63) is 130 Å². The van der Waals surface area contributed by atoms with E-state index >= 15 is 0 Å². The fraction of sp³-hybridized carbons (Fsp3) is 0.182. The molecule has 0 aliphatic carbocycles. The van der Waals surface area contributed by atoms with Crippen LogP contribution in [0.25, 0.3) is 17.5 Å². The van der Waals surface area contributed by atoms with Crippen molar-refractivity contribution in [2.75, 3.05) is 7.05 Å². The molecular weight excluding hydrogens is 562 g/mol. The minimum atomic E-state index is -1.25. The van der Waals surface area contributed by atoms with Crippen LogP contribution in [0.3, 0.4) is 0 Å². The molecular formula is C33H31N5O4S. The van der Waals surface area contributed by atoms with Crippen molar-refractivity contribution in [2.45, 2.75) is 31.8 Å². The SMILES string of the molecule is Cc1csc(CN(C)C(=O)c2cccc(-c3nnc(C(CC=Cc4ccccc4)(Cc4ccccc4)NC(=O)O)o3)c2)n1. The van der Waals surface area contributed by atoms with Crippen LogP contribution >= 0.6 is 11.3 Å². The average molecular weight is 594 g/mol. The van der Waals surface area contributed by atoms with Gasteiger partial charge in [0, 0.05) is 35.7 Å². The minimum absolute atomic E-state index is 0.124. The normalized spacial score (nSPS) is 12.6. The number of nitrogens with one attached hydrogen (secondary N) is 1. The Labute approximate surface area is 253 Å². The summed E-state index contributed by atoms with van der Waals surface area (Å²) in [5, 5.41) is 24.0. The number of nitrogens with zero attached hydrogens (tertiary/aromatic N) is 4. The van der Waals surface area contributed by atoms with Gasteiger partial charge in [0.2, 0.25) is 11.8 Å². The van der Waals surface area contributed by atoms with Gasteiger partial charge in [0.25, 0.3) is 5.91 Å². The molecule has 2 N–H and O–H groups in total. The summed E-state index contributed by atoms with van der Waals surface area (Å²) in [6.07, 6.45) is 3.15. The monoisotopic (exact) mass is 593 g/mol. The number of carboxylic acid groups (broad SMARTS) is 1. The van der Waals surface area contributed by atoms with Gasteiger partial charge < -0.3 is 19.7 Å².